The fourth-order valence-electron chi connectivity index (χ4n) is 3.59. The Kier molecular flexibility index (Phi) is 6.01. The second-order valence-corrected chi connectivity index (χ2v) is 8.49. The number of para-hydroxylation sites is 2. The van der Waals surface area contributed by atoms with Crippen LogP contribution in [0.5, 0.6) is 0 Å². The molecule has 0 saturated carbocycles. The van der Waals surface area contributed by atoms with Crippen molar-refractivity contribution in [2.45, 2.75) is 19.0 Å². The van der Waals surface area contributed by atoms with Crippen LogP contribution < -0.4 is 9.99 Å². The molecule has 142 valence electrons. The number of hydrogen-bond acceptors (Lipinski definition) is 2. The van der Waals surface area contributed by atoms with Crippen molar-refractivity contribution in [1.82, 2.24) is 4.67 Å². The van der Waals surface area contributed by atoms with Crippen molar-refractivity contribution in [2.75, 3.05) is 23.1 Å². The van der Waals surface area contributed by atoms with Gasteiger partial charge in [-0.15, -0.1) is 4.67 Å². The first-order valence-electron chi connectivity index (χ1n) is 9.70. The number of rotatable bonds is 7. The van der Waals surface area contributed by atoms with Gasteiger partial charge in [0, 0.05) is 12.2 Å². The molecule has 2 atom stereocenters. The normalized spacial score (nSPS) is 18.4. The van der Waals surface area contributed by atoms with Crippen LogP contribution in [0.4, 0.5) is 11.4 Å². The number of anilines is 2. The van der Waals surface area contributed by atoms with Crippen molar-refractivity contribution in [3.05, 3.63) is 96.6 Å². The Morgan fingerprint density at radius 1 is 0.857 bits per heavy atom. The van der Waals surface area contributed by atoms with Gasteiger partial charge >= 0.3 is 8.10 Å². The molecule has 5 heteroatoms. The number of nitrogens with one attached hydrogen (secondary N) is 1. The van der Waals surface area contributed by atoms with Gasteiger partial charge in [-0.25, -0.2) is 0 Å². The summed E-state index contributed by atoms with van der Waals surface area (Å²) in [6, 6.07) is 30.9. The van der Waals surface area contributed by atoms with Crippen molar-refractivity contribution in [1.29, 1.82) is 0 Å². The highest BCUT2D eigenvalue weighted by atomic mass is 31.1. The molecule has 3 aromatic carbocycles. The van der Waals surface area contributed by atoms with Crippen LogP contribution in [0.1, 0.15) is 12.0 Å². The van der Waals surface area contributed by atoms with Crippen LogP contribution in [0.2, 0.25) is 0 Å². The topological polar surface area (TPSA) is 35.6 Å². The lowest BCUT2D eigenvalue weighted by Gasteiger charge is -2.15. The molecule has 1 aliphatic rings. The van der Waals surface area contributed by atoms with E-state index in [-0.39, 0.29) is 6.04 Å². The van der Waals surface area contributed by atoms with E-state index in [1.54, 1.807) is 0 Å². The molecule has 0 aliphatic carbocycles. The van der Waals surface area contributed by atoms with E-state index in [1.807, 2.05) is 71.4 Å². The molecule has 0 aromatic heterocycles. The van der Waals surface area contributed by atoms with Crippen LogP contribution in [-0.4, -0.2) is 23.8 Å². The third-order valence-electron chi connectivity index (χ3n) is 5.05. The second-order valence-electron chi connectivity index (χ2n) is 6.99. The molecule has 3 aromatic rings. The Morgan fingerprint density at radius 2 is 1.46 bits per heavy atom. The summed E-state index contributed by atoms with van der Waals surface area (Å²) < 4.78 is 17.5. The lowest BCUT2D eigenvalue weighted by molar-refractivity contribution is 0.343. The van der Waals surface area contributed by atoms with Crippen LogP contribution in [0.15, 0.2) is 91.0 Å². The van der Waals surface area contributed by atoms with E-state index in [2.05, 4.69) is 34.3 Å². The molecule has 28 heavy (non-hydrogen) atoms. The third kappa shape index (κ3) is 4.41. The predicted octanol–water partition coefficient (Wildman–Crippen LogP) is 5.54. The van der Waals surface area contributed by atoms with E-state index in [1.165, 1.54) is 5.56 Å². The van der Waals surface area contributed by atoms with E-state index >= 15 is 0 Å². The highest BCUT2D eigenvalue weighted by Gasteiger charge is 2.49. The average molecular weight is 390 g/mol. The molecule has 4 rings (SSSR count). The lowest BCUT2D eigenvalue weighted by atomic mass is 10.1. The van der Waals surface area contributed by atoms with Gasteiger partial charge < -0.3 is 5.32 Å². The molecule has 1 heterocycles. The highest BCUT2D eigenvalue weighted by molar-refractivity contribution is 7.44. The summed E-state index contributed by atoms with van der Waals surface area (Å²) in [6.45, 7) is 2.34. The van der Waals surface area contributed by atoms with Crippen LogP contribution >= 0.6 is 8.10 Å². The first-order chi connectivity index (χ1) is 13.8. The smallest absolute Gasteiger partial charge is 0.385 e. The van der Waals surface area contributed by atoms with Crippen LogP contribution in [0.25, 0.3) is 0 Å². The Labute approximate surface area is 167 Å². The van der Waals surface area contributed by atoms with Gasteiger partial charge in [-0.3, -0.25) is 0 Å². The Hall–Kier alpha value is -2.68. The molecule has 1 saturated heterocycles. The number of hydrogen-bond donors (Lipinski definition) is 1. The zero-order valence-electron chi connectivity index (χ0n) is 15.8. The molecular weight excluding hydrogens is 365 g/mol. The van der Waals surface area contributed by atoms with Crippen molar-refractivity contribution in [3.63, 3.8) is 0 Å². The maximum Gasteiger partial charge on any atom is 0.567 e. The predicted molar refractivity (Wildman–Crippen MR) is 117 cm³/mol. The quantitative estimate of drug-likeness (QED) is 0.538. The second kappa shape index (κ2) is 9.01. The average Bonchev–Trinajstić information content (AvgIpc) is 3.06. The van der Waals surface area contributed by atoms with E-state index in [4.69, 9.17) is 0 Å². The molecule has 1 unspecified atom stereocenters. The highest BCUT2D eigenvalue weighted by Crippen LogP contribution is 2.46. The molecule has 1 fully saturated rings. The van der Waals surface area contributed by atoms with Crippen molar-refractivity contribution >= 4 is 19.5 Å². The van der Waals surface area contributed by atoms with Gasteiger partial charge in [0.2, 0.25) is 0 Å². The van der Waals surface area contributed by atoms with E-state index in [0.717, 1.165) is 30.9 Å². The Morgan fingerprint density at radius 3 is 2.14 bits per heavy atom. The third-order valence-corrected chi connectivity index (χ3v) is 6.77. The summed E-state index contributed by atoms with van der Waals surface area (Å²) in [5, 5.41) is 3.49. The van der Waals surface area contributed by atoms with Gasteiger partial charge in [-0.05, 0) is 40.8 Å². The Bertz CT molecular complexity index is 889. The SMILES string of the molecule is O=[P+]1N(c2ccccc2)C[C@H](CCNc2ccccc2)N1Cc1ccccc1. The monoisotopic (exact) mass is 390 g/mol. The van der Waals surface area contributed by atoms with Crippen molar-refractivity contribution in [2.24, 2.45) is 0 Å². The van der Waals surface area contributed by atoms with Crippen molar-refractivity contribution < 1.29 is 4.57 Å². The molecule has 0 radical (unpaired) electrons. The molecule has 0 spiro atoms. The zero-order chi connectivity index (χ0) is 19.2. The fourth-order valence-corrected chi connectivity index (χ4v) is 5.27. The summed E-state index contributed by atoms with van der Waals surface area (Å²) in [4.78, 5) is 0. The largest absolute Gasteiger partial charge is 0.567 e. The maximum atomic E-state index is 13.3. The fraction of sp³-hybridized carbons (Fsp3) is 0.217. The molecule has 0 bridgehead atoms. The molecular formula is C23H25N3OP+. The number of benzene rings is 3. The van der Waals surface area contributed by atoms with E-state index in [0.29, 0.717) is 6.54 Å². The summed E-state index contributed by atoms with van der Waals surface area (Å²) in [5.74, 6) is 0. The first-order valence-corrected chi connectivity index (χ1v) is 10.9. The van der Waals surface area contributed by atoms with E-state index < -0.39 is 8.10 Å². The molecule has 1 aliphatic heterocycles. The molecule has 0 amide bonds. The summed E-state index contributed by atoms with van der Waals surface area (Å²) >= 11 is 0. The van der Waals surface area contributed by atoms with E-state index in [9.17, 15) is 4.57 Å². The van der Waals surface area contributed by atoms with Crippen LogP contribution in [0.3, 0.4) is 0 Å². The van der Waals surface area contributed by atoms with Gasteiger partial charge in [0.05, 0.1) is 24.8 Å². The minimum Gasteiger partial charge on any atom is -0.385 e. The number of nitrogens with zero attached hydrogens (tertiary/aromatic N) is 2. The minimum absolute atomic E-state index is 0.236. The standard InChI is InChI=1S/C23H25N3OP/c27-28-25(18-20-10-4-1-5-11-20)23(16-17-24-21-12-6-2-7-13-21)19-26(28)22-14-8-3-9-15-22/h1-15,23-24H,16-19H2/q+1/t23-/m0/s1. The molecule has 4 nitrogen and oxygen atoms in total. The van der Waals surface area contributed by atoms with Crippen LogP contribution in [-0.2, 0) is 11.1 Å². The lowest BCUT2D eigenvalue weighted by Crippen LogP contribution is -2.29. The van der Waals surface area contributed by atoms with Gasteiger partial charge in [-0.1, -0.05) is 71.4 Å². The van der Waals surface area contributed by atoms with Gasteiger partial charge in [0.25, 0.3) is 0 Å². The maximum absolute atomic E-state index is 13.3. The molecule has 1 N–H and O–H groups in total. The summed E-state index contributed by atoms with van der Waals surface area (Å²) in [6.07, 6.45) is 0.937. The minimum atomic E-state index is -1.61. The van der Waals surface area contributed by atoms with Gasteiger partial charge in [0.15, 0.2) is 0 Å². The van der Waals surface area contributed by atoms with Gasteiger partial charge in [-0.2, -0.15) is 0 Å². The van der Waals surface area contributed by atoms with Crippen molar-refractivity contribution in [3.8, 4) is 0 Å². The summed E-state index contributed by atoms with van der Waals surface area (Å²) in [5.41, 5.74) is 3.35. The Balaban J connectivity index is 1.48. The van der Waals surface area contributed by atoms with Gasteiger partial charge in [0.1, 0.15) is 0 Å². The zero-order valence-corrected chi connectivity index (χ0v) is 16.7. The summed E-state index contributed by atoms with van der Waals surface area (Å²) in [7, 11) is -1.61. The van der Waals surface area contributed by atoms with Crippen LogP contribution in [0, 0.1) is 0 Å². The first kappa shape index (κ1) is 18.7.